The van der Waals surface area contributed by atoms with Gasteiger partial charge in [0.1, 0.15) is 6.33 Å². The second-order valence-electron chi connectivity index (χ2n) is 6.26. The highest BCUT2D eigenvalue weighted by molar-refractivity contribution is 5.76. The molecule has 1 atom stereocenters. The van der Waals surface area contributed by atoms with Crippen molar-refractivity contribution in [3.8, 4) is 0 Å². The molecule has 2 heterocycles. The van der Waals surface area contributed by atoms with E-state index in [0.29, 0.717) is 31.0 Å². The standard InChI is InChI=1S/C16H23N5O2/c1-10-13(11(2)21-16(19-10)17-9-18-21)5-6-15(23)20-14(7-8-22)12-3-4-12/h9,12,14,22H,3-8H2,1-2H3,(H,20,23). The lowest BCUT2D eigenvalue weighted by Crippen LogP contribution is -2.37. The van der Waals surface area contributed by atoms with Gasteiger partial charge in [-0.1, -0.05) is 0 Å². The van der Waals surface area contributed by atoms with Crippen LogP contribution in [-0.4, -0.2) is 43.2 Å². The summed E-state index contributed by atoms with van der Waals surface area (Å²) in [6, 6.07) is 0.116. The number of rotatable bonds is 7. The average Bonchev–Trinajstić information content (AvgIpc) is 3.25. The Morgan fingerprint density at radius 2 is 2.26 bits per heavy atom. The van der Waals surface area contributed by atoms with Crippen molar-refractivity contribution in [2.45, 2.75) is 52.0 Å². The van der Waals surface area contributed by atoms with Gasteiger partial charge in [-0.05, 0) is 51.0 Å². The lowest BCUT2D eigenvalue weighted by Gasteiger charge is -2.17. The first-order chi connectivity index (χ1) is 11.1. The average molecular weight is 317 g/mol. The van der Waals surface area contributed by atoms with Crippen LogP contribution in [0.15, 0.2) is 6.33 Å². The predicted octanol–water partition coefficient (Wildman–Crippen LogP) is 0.951. The lowest BCUT2D eigenvalue weighted by molar-refractivity contribution is -0.122. The molecule has 2 aromatic heterocycles. The van der Waals surface area contributed by atoms with E-state index in [-0.39, 0.29) is 18.6 Å². The third-order valence-electron chi connectivity index (χ3n) is 4.57. The van der Waals surface area contributed by atoms with Crippen molar-refractivity contribution in [1.29, 1.82) is 0 Å². The SMILES string of the molecule is Cc1nc2ncnn2c(C)c1CCC(=O)NC(CCO)C1CC1. The highest BCUT2D eigenvalue weighted by Crippen LogP contribution is 2.33. The van der Waals surface area contributed by atoms with E-state index in [1.807, 2.05) is 13.8 Å². The molecule has 3 rings (SSSR count). The molecule has 0 bridgehead atoms. The second-order valence-corrected chi connectivity index (χ2v) is 6.26. The number of aliphatic hydroxyl groups excluding tert-OH is 1. The first-order valence-corrected chi connectivity index (χ1v) is 8.16. The number of aryl methyl sites for hydroxylation is 2. The second kappa shape index (κ2) is 6.62. The van der Waals surface area contributed by atoms with E-state index in [1.54, 1.807) is 4.52 Å². The maximum absolute atomic E-state index is 12.2. The number of amides is 1. The number of carbonyl (C=O) groups is 1. The van der Waals surface area contributed by atoms with Gasteiger partial charge in [-0.3, -0.25) is 4.79 Å². The van der Waals surface area contributed by atoms with Crippen LogP contribution in [0.4, 0.5) is 0 Å². The van der Waals surface area contributed by atoms with Crippen molar-refractivity contribution in [3.05, 3.63) is 23.3 Å². The maximum atomic E-state index is 12.2. The quantitative estimate of drug-likeness (QED) is 0.793. The van der Waals surface area contributed by atoms with Gasteiger partial charge >= 0.3 is 0 Å². The van der Waals surface area contributed by atoms with Crippen LogP contribution in [0.25, 0.3) is 5.78 Å². The molecule has 2 aromatic rings. The van der Waals surface area contributed by atoms with Gasteiger partial charge in [0.25, 0.3) is 5.78 Å². The Morgan fingerprint density at radius 3 is 2.96 bits per heavy atom. The minimum Gasteiger partial charge on any atom is -0.396 e. The molecule has 0 aliphatic heterocycles. The number of nitrogens with one attached hydrogen (secondary N) is 1. The summed E-state index contributed by atoms with van der Waals surface area (Å²) in [5.41, 5.74) is 2.92. The van der Waals surface area contributed by atoms with Crippen LogP contribution < -0.4 is 5.32 Å². The van der Waals surface area contributed by atoms with Gasteiger partial charge in [0.15, 0.2) is 0 Å². The summed E-state index contributed by atoms with van der Waals surface area (Å²) < 4.78 is 1.71. The zero-order chi connectivity index (χ0) is 16.4. The molecule has 1 fully saturated rings. The number of hydrogen-bond donors (Lipinski definition) is 2. The fourth-order valence-corrected chi connectivity index (χ4v) is 3.10. The highest BCUT2D eigenvalue weighted by atomic mass is 16.3. The Bertz CT molecular complexity index is 708. The normalized spacial score (nSPS) is 15.8. The molecule has 0 saturated heterocycles. The summed E-state index contributed by atoms with van der Waals surface area (Å²) in [5, 5.41) is 16.3. The van der Waals surface area contributed by atoms with Crippen LogP contribution in [-0.2, 0) is 11.2 Å². The Labute approximate surface area is 135 Å². The smallest absolute Gasteiger partial charge is 0.252 e. The molecule has 7 heteroatoms. The molecule has 7 nitrogen and oxygen atoms in total. The van der Waals surface area contributed by atoms with Crippen molar-refractivity contribution >= 4 is 11.7 Å². The summed E-state index contributed by atoms with van der Waals surface area (Å²) >= 11 is 0. The molecule has 23 heavy (non-hydrogen) atoms. The van der Waals surface area contributed by atoms with Crippen molar-refractivity contribution in [2.75, 3.05) is 6.61 Å². The number of hydrogen-bond acceptors (Lipinski definition) is 5. The molecular weight excluding hydrogens is 294 g/mol. The number of nitrogens with zero attached hydrogens (tertiary/aromatic N) is 4. The molecule has 1 unspecified atom stereocenters. The first-order valence-electron chi connectivity index (χ1n) is 8.16. The van der Waals surface area contributed by atoms with E-state index in [4.69, 9.17) is 5.11 Å². The summed E-state index contributed by atoms with van der Waals surface area (Å²) in [4.78, 5) is 20.8. The van der Waals surface area contributed by atoms with Crippen LogP contribution in [0.1, 0.15) is 42.6 Å². The Balaban J connectivity index is 1.64. The van der Waals surface area contributed by atoms with E-state index >= 15 is 0 Å². The fraction of sp³-hybridized carbons (Fsp3) is 0.625. The van der Waals surface area contributed by atoms with Crippen molar-refractivity contribution in [2.24, 2.45) is 5.92 Å². The molecule has 2 N–H and O–H groups in total. The Kier molecular flexibility index (Phi) is 4.56. The Morgan fingerprint density at radius 1 is 1.48 bits per heavy atom. The predicted molar refractivity (Wildman–Crippen MR) is 84.9 cm³/mol. The van der Waals surface area contributed by atoms with Crippen LogP contribution in [0.2, 0.25) is 0 Å². The van der Waals surface area contributed by atoms with Gasteiger partial charge in [0.05, 0.1) is 0 Å². The van der Waals surface area contributed by atoms with E-state index in [0.717, 1.165) is 29.8 Å². The van der Waals surface area contributed by atoms with E-state index in [2.05, 4.69) is 20.4 Å². The topological polar surface area (TPSA) is 92.4 Å². The van der Waals surface area contributed by atoms with Crippen molar-refractivity contribution in [3.63, 3.8) is 0 Å². The van der Waals surface area contributed by atoms with Crippen LogP contribution in [0.3, 0.4) is 0 Å². The third-order valence-corrected chi connectivity index (χ3v) is 4.57. The summed E-state index contributed by atoms with van der Waals surface area (Å²) in [6.07, 6.45) is 5.47. The molecule has 0 aromatic carbocycles. The molecule has 1 aliphatic carbocycles. The molecule has 1 amide bonds. The van der Waals surface area contributed by atoms with Gasteiger partial charge in [0.2, 0.25) is 5.91 Å². The summed E-state index contributed by atoms with van der Waals surface area (Å²) in [5.74, 6) is 1.17. The van der Waals surface area contributed by atoms with Crippen LogP contribution in [0, 0.1) is 19.8 Å². The summed E-state index contributed by atoms with van der Waals surface area (Å²) in [6.45, 7) is 4.03. The molecule has 0 spiro atoms. The first kappa shape index (κ1) is 15.9. The van der Waals surface area contributed by atoms with Gasteiger partial charge in [-0.15, -0.1) is 0 Å². The molecule has 0 radical (unpaired) electrons. The van der Waals surface area contributed by atoms with Crippen LogP contribution in [0.5, 0.6) is 0 Å². The zero-order valence-electron chi connectivity index (χ0n) is 13.6. The van der Waals surface area contributed by atoms with E-state index in [9.17, 15) is 4.79 Å². The molecule has 1 aliphatic rings. The van der Waals surface area contributed by atoms with Crippen LogP contribution >= 0.6 is 0 Å². The molecular formula is C16H23N5O2. The molecule has 1 saturated carbocycles. The third kappa shape index (κ3) is 3.50. The van der Waals surface area contributed by atoms with Gasteiger partial charge < -0.3 is 10.4 Å². The molecule has 124 valence electrons. The van der Waals surface area contributed by atoms with E-state index < -0.39 is 0 Å². The largest absolute Gasteiger partial charge is 0.396 e. The number of aromatic nitrogens is 4. The lowest BCUT2D eigenvalue weighted by atomic mass is 10.1. The Hall–Kier alpha value is -2.02. The number of carbonyl (C=O) groups excluding carboxylic acids is 1. The van der Waals surface area contributed by atoms with Gasteiger partial charge in [0, 0.05) is 30.5 Å². The monoisotopic (exact) mass is 317 g/mol. The minimum atomic E-state index is 0.0350. The van der Waals surface area contributed by atoms with Gasteiger partial charge in [-0.2, -0.15) is 10.1 Å². The van der Waals surface area contributed by atoms with Gasteiger partial charge in [-0.25, -0.2) is 9.50 Å². The van der Waals surface area contributed by atoms with Crippen molar-refractivity contribution in [1.82, 2.24) is 24.9 Å². The zero-order valence-corrected chi connectivity index (χ0v) is 13.6. The summed E-state index contributed by atoms with van der Waals surface area (Å²) in [7, 11) is 0. The highest BCUT2D eigenvalue weighted by Gasteiger charge is 2.31. The maximum Gasteiger partial charge on any atom is 0.252 e. The number of fused-ring (bicyclic) bond motifs is 1. The van der Waals surface area contributed by atoms with Crippen molar-refractivity contribution < 1.29 is 9.90 Å². The minimum absolute atomic E-state index is 0.0350. The number of aliphatic hydroxyl groups is 1. The van der Waals surface area contributed by atoms with E-state index in [1.165, 1.54) is 6.33 Å². The fourth-order valence-electron chi connectivity index (χ4n) is 3.10.